The van der Waals surface area contributed by atoms with Crippen molar-refractivity contribution < 1.29 is 63.4 Å². The van der Waals surface area contributed by atoms with Crippen LogP contribution in [0.5, 0.6) is 11.8 Å². The molecule has 1 amide bonds. The maximum absolute atomic E-state index is 12.1. The highest BCUT2D eigenvalue weighted by Gasteiger charge is 2.44. The summed E-state index contributed by atoms with van der Waals surface area (Å²) in [5, 5.41) is 0.855. The first-order valence-electron chi connectivity index (χ1n) is 5.85. The van der Waals surface area contributed by atoms with E-state index < -0.39 is 54.1 Å². The fraction of sp³-hybridized carbons (Fsp3) is 0.300. The van der Waals surface area contributed by atoms with E-state index in [1.54, 1.807) is 0 Å². The molecule has 0 fully saturated rings. The van der Waals surface area contributed by atoms with Gasteiger partial charge < -0.3 is 9.47 Å². The lowest BCUT2D eigenvalue weighted by Gasteiger charge is -2.11. The smallest absolute Gasteiger partial charge is 0.400 e. The van der Waals surface area contributed by atoms with Crippen LogP contribution in [0, 0.1) is 0 Å². The standard InChI is InChI=1S/C10H2F9N3O5/c11-8(12,13)4(23)22-7-20-2(26-5(24)9(14,15)16)1-3(21-7)27-6(25)10(17,18)19/h1H,(H,20,21,22,23). The molecule has 8 nitrogen and oxygen atoms in total. The number of ether oxygens (including phenoxy) is 2. The first-order valence-corrected chi connectivity index (χ1v) is 5.85. The lowest BCUT2D eigenvalue weighted by atomic mass is 10.5. The van der Waals surface area contributed by atoms with Gasteiger partial charge in [-0.25, -0.2) is 9.59 Å². The van der Waals surface area contributed by atoms with Crippen LogP contribution in [0.3, 0.4) is 0 Å². The summed E-state index contributed by atoms with van der Waals surface area (Å²) in [7, 11) is 0. The van der Waals surface area contributed by atoms with Gasteiger partial charge in [0.05, 0.1) is 6.07 Å². The Kier molecular flexibility index (Phi) is 5.87. The minimum atomic E-state index is -5.62. The van der Waals surface area contributed by atoms with Crippen LogP contribution in [-0.2, 0) is 14.4 Å². The van der Waals surface area contributed by atoms with Crippen molar-refractivity contribution in [3.05, 3.63) is 6.07 Å². The molecule has 0 bridgehead atoms. The highest BCUT2D eigenvalue weighted by atomic mass is 19.4. The van der Waals surface area contributed by atoms with Gasteiger partial charge in [0.1, 0.15) is 0 Å². The van der Waals surface area contributed by atoms with Crippen molar-refractivity contribution in [3.63, 3.8) is 0 Å². The van der Waals surface area contributed by atoms with Gasteiger partial charge in [0.15, 0.2) is 0 Å². The second-order valence-electron chi connectivity index (χ2n) is 4.09. The predicted molar refractivity (Wildman–Crippen MR) is 60.1 cm³/mol. The average molecular weight is 415 g/mol. The second kappa shape index (κ2) is 7.23. The first-order chi connectivity index (χ1) is 12.0. The van der Waals surface area contributed by atoms with Gasteiger partial charge in [-0.1, -0.05) is 0 Å². The molecule has 1 aromatic rings. The Balaban J connectivity index is 3.24. The molecule has 150 valence electrons. The third kappa shape index (κ3) is 6.59. The van der Waals surface area contributed by atoms with Crippen molar-refractivity contribution in [1.29, 1.82) is 0 Å². The molecular formula is C10H2F9N3O5. The molecule has 0 aliphatic rings. The fourth-order valence-electron chi connectivity index (χ4n) is 1.04. The van der Waals surface area contributed by atoms with E-state index in [1.807, 2.05) is 0 Å². The quantitative estimate of drug-likeness (QED) is 0.594. The molecule has 0 saturated carbocycles. The van der Waals surface area contributed by atoms with Crippen molar-refractivity contribution in [2.75, 3.05) is 5.32 Å². The molecule has 0 radical (unpaired) electrons. The summed E-state index contributed by atoms with van der Waals surface area (Å²) < 4.78 is 116. The van der Waals surface area contributed by atoms with Gasteiger partial charge in [-0.05, 0) is 0 Å². The number of rotatable bonds is 3. The molecular weight excluding hydrogens is 413 g/mol. The van der Waals surface area contributed by atoms with E-state index in [0.717, 1.165) is 5.32 Å². The van der Waals surface area contributed by atoms with Crippen LogP contribution in [-0.4, -0.2) is 46.3 Å². The molecule has 27 heavy (non-hydrogen) atoms. The van der Waals surface area contributed by atoms with Crippen LogP contribution in [0.4, 0.5) is 45.5 Å². The minimum Gasteiger partial charge on any atom is -0.400 e. The molecule has 0 saturated heterocycles. The van der Waals surface area contributed by atoms with E-state index in [0.29, 0.717) is 0 Å². The van der Waals surface area contributed by atoms with E-state index >= 15 is 0 Å². The molecule has 0 unspecified atom stereocenters. The Labute approximate surface area is 140 Å². The van der Waals surface area contributed by atoms with Crippen LogP contribution in [0.1, 0.15) is 0 Å². The monoisotopic (exact) mass is 415 g/mol. The molecule has 0 atom stereocenters. The normalized spacial score (nSPS) is 12.3. The van der Waals surface area contributed by atoms with Crippen LogP contribution in [0.2, 0.25) is 0 Å². The van der Waals surface area contributed by atoms with Crippen LogP contribution < -0.4 is 14.8 Å². The number of halogens is 9. The number of nitrogens with zero attached hydrogens (tertiary/aromatic N) is 2. The zero-order valence-electron chi connectivity index (χ0n) is 11.9. The summed E-state index contributed by atoms with van der Waals surface area (Å²) in [5.41, 5.74) is 0. The number of esters is 2. The lowest BCUT2D eigenvalue weighted by molar-refractivity contribution is -0.190. The Hall–Kier alpha value is -3.14. The van der Waals surface area contributed by atoms with Gasteiger partial charge in [-0.2, -0.15) is 49.5 Å². The maximum atomic E-state index is 12.1. The molecule has 0 aliphatic carbocycles. The number of hydrogen-bond acceptors (Lipinski definition) is 7. The third-order valence-electron chi connectivity index (χ3n) is 2.02. The molecule has 1 aromatic heterocycles. The van der Waals surface area contributed by atoms with E-state index in [1.165, 1.54) is 0 Å². The number of amides is 1. The maximum Gasteiger partial charge on any atom is 0.491 e. The highest BCUT2D eigenvalue weighted by Crippen LogP contribution is 2.25. The van der Waals surface area contributed by atoms with Crippen LogP contribution in [0.25, 0.3) is 0 Å². The Morgan fingerprint density at radius 2 is 1.11 bits per heavy atom. The van der Waals surface area contributed by atoms with Gasteiger partial charge >= 0.3 is 36.4 Å². The van der Waals surface area contributed by atoms with Gasteiger partial charge in [0.25, 0.3) is 0 Å². The first kappa shape index (κ1) is 21.9. The van der Waals surface area contributed by atoms with E-state index in [-0.39, 0.29) is 6.07 Å². The average Bonchev–Trinajstić information content (AvgIpc) is 2.43. The van der Waals surface area contributed by atoms with Crippen molar-refractivity contribution in [2.45, 2.75) is 18.5 Å². The number of carbonyl (C=O) groups excluding carboxylic acids is 3. The highest BCUT2D eigenvalue weighted by molar-refractivity contribution is 5.93. The summed E-state index contributed by atoms with van der Waals surface area (Å²) in [6.45, 7) is 0. The zero-order chi connectivity index (χ0) is 21.2. The zero-order valence-corrected chi connectivity index (χ0v) is 11.9. The summed E-state index contributed by atoms with van der Waals surface area (Å²) in [6.07, 6.45) is -16.8. The van der Waals surface area contributed by atoms with Crippen molar-refractivity contribution in [3.8, 4) is 11.8 Å². The summed E-state index contributed by atoms with van der Waals surface area (Å²) in [5.74, 6) is -13.4. The number of nitrogens with one attached hydrogen (secondary N) is 1. The van der Waals surface area contributed by atoms with Gasteiger partial charge in [-0.15, -0.1) is 0 Å². The van der Waals surface area contributed by atoms with Gasteiger partial charge in [-0.3, -0.25) is 10.1 Å². The van der Waals surface area contributed by atoms with E-state index in [4.69, 9.17) is 0 Å². The number of carbonyl (C=O) groups is 3. The summed E-state index contributed by atoms with van der Waals surface area (Å²) in [6, 6.07) is -0.0451. The molecule has 1 N–H and O–H groups in total. The Morgan fingerprint density at radius 3 is 1.41 bits per heavy atom. The summed E-state index contributed by atoms with van der Waals surface area (Å²) in [4.78, 5) is 37.5. The predicted octanol–water partition coefficient (Wildman–Crippen LogP) is 1.91. The minimum absolute atomic E-state index is 0.0451. The van der Waals surface area contributed by atoms with Crippen molar-refractivity contribution in [1.82, 2.24) is 9.97 Å². The number of hydrogen-bond donors (Lipinski definition) is 1. The van der Waals surface area contributed by atoms with Crippen LogP contribution in [0.15, 0.2) is 6.07 Å². The van der Waals surface area contributed by atoms with E-state index in [2.05, 4.69) is 19.4 Å². The third-order valence-corrected chi connectivity index (χ3v) is 2.02. The largest absolute Gasteiger partial charge is 0.491 e. The topological polar surface area (TPSA) is 107 Å². The molecule has 0 aliphatic heterocycles. The Morgan fingerprint density at radius 1 is 0.741 bits per heavy atom. The van der Waals surface area contributed by atoms with Gasteiger partial charge in [0, 0.05) is 0 Å². The molecule has 0 aromatic carbocycles. The molecule has 1 rings (SSSR count). The number of alkyl halides is 9. The number of anilines is 1. The number of aromatic nitrogens is 2. The fourth-order valence-corrected chi connectivity index (χ4v) is 1.04. The second-order valence-corrected chi connectivity index (χ2v) is 4.09. The Bertz CT molecular complexity index is 644. The summed E-state index contributed by atoms with van der Waals surface area (Å²) >= 11 is 0. The molecule has 17 heteroatoms. The molecule has 0 spiro atoms. The van der Waals surface area contributed by atoms with Crippen LogP contribution >= 0.6 is 0 Å². The van der Waals surface area contributed by atoms with Gasteiger partial charge in [0.2, 0.25) is 17.7 Å². The lowest BCUT2D eigenvalue weighted by Crippen LogP contribution is -2.32. The molecule has 1 heterocycles. The SMILES string of the molecule is O=C(Nc1nc(OC(=O)C(F)(F)F)cc(OC(=O)C(F)(F)F)n1)C(F)(F)F. The van der Waals surface area contributed by atoms with Crippen molar-refractivity contribution in [2.24, 2.45) is 0 Å². The van der Waals surface area contributed by atoms with E-state index in [9.17, 15) is 53.9 Å². The van der Waals surface area contributed by atoms with Crippen molar-refractivity contribution >= 4 is 23.8 Å².